The number of aromatic amines is 1. The highest BCUT2D eigenvalue weighted by Crippen LogP contribution is 2.32. The van der Waals surface area contributed by atoms with Gasteiger partial charge in [-0.1, -0.05) is 12.1 Å². The van der Waals surface area contributed by atoms with Crippen molar-refractivity contribution in [3.05, 3.63) is 58.4 Å². The van der Waals surface area contributed by atoms with Gasteiger partial charge in [-0.05, 0) is 26.0 Å². The molecule has 0 spiro atoms. The average molecular weight is 379 g/mol. The van der Waals surface area contributed by atoms with Crippen LogP contribution in [0.4, 0.5) is 4.39 Å². The number of nitrogens with one attached hydrogen (secondary N) is 1. The van der Waals surface area contributed by atoms with E-state index in [9.17, 15) is 4.39 Å². The average Bonchev–Trinajstić information content (AvgIpc) is 3.26. The molecule has 3 aromatic rings. The molecule has 0 aliphatic carbocycles. The zero-order chi connectivity index (χ0) is 19.3. The molecule has 0 bridgehead atoms. The number of hydrogen-bond donors (Lipinski definition) is 1. The molecule has 2 aromatic heterocycles. The van der Waals surface area contributed by atoms with Gasteiger partial charge in [0.25, 0.3) is 0 Å². The van der Waals surface area contributed by atoms with Crippen molar-refractivity contribution in [2.45, 2.75) is 39.3 Å². The minimum atomic E-state index is -0.243. The lowest BCUT2D eigenvalue weighted by Gasteiger charge is -2.29. The summed E-state index contributed by atoms with van der Waals surface area (Å²) in [6.07, 6.45) is 1.76. The van der Waals surface area contributed by atoms with Gasteiger partial charge >= 0.3 is 0 Å². The molecular weight excluding hydrogens is 357 g/mol. The van der Waals surface area contributed by atoms with Gasteiger partial charge in [-0.25, -0.2) is 9.37 Å². The van der Waals surface area contributed by atoms with Gasteiger partial charge in [0.2, 0.25) is 5.88 Å². The zero-order valence-corrected chi connectivity index (χ0v) is 16.0. The molecule has 5 rings (SSSR count). The molecule has 28 heavy (non-hydrogen) atoms. The van der Waals surface area contributed by atoms with E-state index in [0.717, 1.165) is 66.7 Å². The minimum absolute atomic E-state index is 0.0650. The third kappa shape index (κ3) is 2.96. The van der Waals surface area contributed by atoms with E-state index in [-0.39, 0.29) is 11.9 Å². The van der Waals surface area contributed by atoms with Crippen LogP contribution in [-0.4, -0.2) is 44.3 Å². The van der Waals surface area contributed by atoms with Crippen molar-refractivity contribution in [1.82, 2.24) is 25.1 Å². The van der Waals surface area contributed by atoms with Crippen LogP contribution in [0.1, 0.15) is 28.3 Å². The van der Waals surface area contributed by atoms with Crippen LogP contribution >= 0.6 is 0 Å². The maximum atomic E-state index is 14.3. The van der Waals surface area contributed by atoms with E-state index in [4.69, 9.17) is 4.74 Å². The molecule has 6 nitrogen and oxygen atoms in total. The Balaban J connectivity index is 1.34. The molecule has 1 N–H and O–H groups in total. The molecule has 2 aliphatic heterocycles. The maximum Gasteiger partial charge on any atom is 0.220 e. The molecule has 7 heteroatoms. The highest BCUT2D eigenvalue weighted by molar-refractivity contribution is 5.65. The largest absolute Gasteiger partial charge is 0.472 e. The SMILES string of the molecule is Cc1nc(C)c2c(n1)OC(CN1CCc3[nH]nc(-c4ccccc4F)c3C1)C2. The number of H-pyrrole nitrogens is 1. The summed E-state index contributed by atoms with van der Waals surface area (Å²) in [6.45, 7) is 6.36. The quantitative estimate of drug-likeness (QED) is 0.758. The molecule has 0 fully saturated rings. The topological polar surface area (TPSA) is 66.9 Å². The highest BCUT2D eigenvalue weighted by Gasteiger charge is 2.31. The van der Waals surface area contributed by atoms with Gasteiger partial charge < -0.3 is 4.74 Å². The van der Waals surface area contributed by atoms with Crippen molar-refractivity contribution in [3.8, 4) is 17.1 Å². The van der Waals surface area contributed by atoms with Crippen LogP contribution in [0.25, 0.3) is 11.3 Å². The summed E-state index contributed by atoms with van der Waals surface area (Å²) in [6, 6.07) is 6.80. The number of nitrogens with zero attached hydrogens (tertiary/aromatic N) is 4. The first kappa shape index (κ1) is 17.3. The molecule has 0 saturated heterocycles. The molecule has 144 valence electrons. The van der Waals surface area contributed by atoms with Crippen molar-refractivity contribution in [2.75, 3.05) is 13.1 Å². The number of rotatable bonds is 3. The van der Waals surface area contributed by atoms with Gasteiger partial charge in [-0.3, -0.25) is 10.00 Å². The summed E-state index contributed by atoms with van der Waals surface area (Å²) in [7, 11) is 0. The Kier molecular flexibility index (Phi) is 4.12. The van der Waals surface area contributed by atoms with E-state index in [1.807, 2.05) is 19.9 Å². The Morgan fingerprint density at radius 1 is 1.21 bits per heavy atom. The first-order valence-corrected chi connectivity index (χ1v) is 9.62. The van der Waals surface area contributed by atoms with Gasteiger partial charge in [0, 0.05) is 60.6 Å². The fraction of sp³-hybridized carbons (Fsp3) is 0.381. The van der Waals surface area contributed by atoms with Gasteiger partial charge in [-0.15, -0.1) is 0 Å². The minimum Gasteiger partial charge on any atom is -0.472 e. The van der Waals surface area contributed by atoms with Gasteiger partial charge in [0.15, 0.2) is 0 Å². The summed E-state index contributed by atoms with van der Waals surface area (Å²) >= 11 is 0. The predicted octanol–water partition coefficient (Wildman–Crippen LogP) is 2.98. The molecular formula is C21H22FN5O. The van der Waals surface area contributed by atoms with E-state index < -0.39 is 0 Å². The summed E-state index contributed by atoms with van der Waals surface area (Å²) in [4.78, 5) is 11.2. The second-order valence-corrected chi connectivity index (χ2v) is 7.58. The molecule has 0 radical (unpaired) electrons. The first-order valence-electron chi connectivity index (χ1n) is 9.62. The predicted molar refractivity (Wildman–Crippen MR) is 103 cm³/mol. The lowest BCUT2D eigenvalue weighted by Crippen LogP contribution is -2.38. The normalized spacial score (nSPS) is 18.6. The fourth-order valence-electron chi connectivity index (χ4n) is 4.24. The monoisotopic (exact) mass is 379 g/mol. The first-order chi connectivity index (χ1) is 13.6. The zero-order valence-electron chi connectivity index (χ0n) is 16.0. The number of aromatic nitrogens is 4. The van der Waals surface area contributed by atoms with Crippen molar-refractivity contribution < 1.29 is 9.13 Å². The second kappa shape index (κ2) is 6.67. The molecule has 0 saturated carbocycles. The van der Waals surface area contributed by atoms with Crippen LogP contribution in [-0.2, 0) is 19.4 Å². The second-order valence-electron chi connectivity index (χ2n) is 7.58. The van der Waals surface area contributed by atoms with Crippen LogP contribution in [0, 0.1) is 19.7 Å². The lowest BCUT2D eigenvalue weighted by molar-refractivity contribution is 0.138. The Hall–Kier alpha value is -2.80. The number of hydrogen-bond acceptors (Lipinski definition) is 5. The number of aryl methyl sites for hydroxylation is 2. The van der Waals surface area contributed by atoms with Crippen molar-refractivity contribution in [3.63, 3.8) is 0 Å². The Bertz CT molecular complexity index is 1050. The van der Waals surface area contributed by atoms with Gasteiger partial charge in [0.05, 0.1) is 5.69 Å². The number of fused-ring (bicyclic) bond motifs is 2. The molecule has 1 unspecified atom stereocenters. The maximum absolute atomic E-state index is 14.3. The van der Waals surface area contributed by atoms with Gasteiger partial charge in [-0.2, -0.15) is 10.1 Å². The third-order valence-electron chi connectivity index (χ3n) is 5.60. The molecule has 0 amide bonds. The van der Waals surface area contributed by atoms with Crippen LogP contribution < -0.4 is 4.74 Å². The van der Waals surface area contributed by atoms with E-state index in [0.29, 0.717) is 11.3 Å². The number of ether oxygens (including phenoxy) is 1. The Morgan fingerprint density at radius 2 is 2.07 bits per heavy atom. The number of benzene rings is 1. The number of halogens is 1. The smallest absolute Gasteiger partial charge is 0.220 e. The van der Waals surface area contributed by atoms with Crippen LogP contribution in [0.5, 0.6) is 5.88 Å². The van der Waals surface area contributed by atoms with Crippen molar-refractivity contribution in [1.29, 1.82) is 0 Å². The lowest BCUT2D eigenvalue weighted by atomic mass is 10.00. The molecule has 4 heterocycles. The highest BCUT2D eigenvalue weighted by atomic mass is 19.1. The summed E-state index contributed by atoms with van der Waals surface area (Å²) in [5.74, 6) is 1.23. The van der Waals surface area contributed by atoms with Crippen LogP contribution in [0.15, 0.2) is 24.3 Å². The third-order valence-corrected chi connectivity index (χ3v) is 5.60. The van der Waals surface area contributed by atoms with Crippen LogP contribution in [0.2, 0.25) is 0 Å². The van der Waals surface area contributed by atoms with E-state index in [1.165, 1.54) is 6.07 Å². The van der Waals surface area contributed by atoms with Crippen molar-refractivity contribution >= 4 is 0 Å². The van der Waals surface area contributed by atoms with E-state index in [2.05, 4.69) is 25.1 Å². The van der Waals surface area contributed by atoms with Crippen molar-refractivity contribution in [2.24, 2.45) is 0 Å². The summed E-state index contributed by atoms with van der Waals surface area (Å²) in [5, 5.41) is 7.51. The van der Waals surface area contributed by atoms with Crippen LogP contribution in [0.3, 0.4) is 0 Å². The summed E-state index contributed by atoms with van der Waals surface area (Å²) < 4.78 is 20.4. The Labute approximate surface area is 162 Å². The summed E-state index contributed by atoms with van der Waals surface area (Å²) in [5.41, 5.74) is 5.56. The molecule has 1 aromatic carbocycles. The van der Waals surface area contributed by atoms with E-state index in [1.54, 1.807) is 12.1 Å². The standard InChI is InChI=1S/C21H22FN5O/c1-12-16-9-14(28-21(16)24-13(2)23-12)10-27-8-7-19-17(11-27)20(26-25-19)15-5-3-4-6-18(15)22/h3-6,14H,7-11H2,1-2H3,(H,25,26). The molecule has 1 atom stereocenters. The molecule has 2 aliphatic rings. The van der Waals surface area contributed by atoms with Gasteiger partial charge in [0.1, 0.15) is 17.7 Å². The fourth-order valence-corrected chi connectivity index (χ4v) is 4.24. The van der Waals surface area contributed by atoms with E-state index >= 15 is 0 Å². The Morgan fingerprint density at radius 3 is 2.93 bits per heavy atom.